The number of rotatable bonds is 9. The number of anilines is 1. The summed E-state index contributed by atoms with van der Waals surface area (Å²) in [5.41, 5.74) is 0.754. The second-order valence-electron chi connectivity index (χ2n) is 6.50. The molecule has 1 heterocycles. The number of methoxy groups -OCH3 is 1. The fourth-order valence-corrected chi connectivity index (χ4v) is 3.89. The smallest absolute Gasteiger partial charge is 0.237 e. The Bertz CT molecular complexity index is 716. The molecule has 0 bridgehead atoms. The van der Waals surface area contributed by atoms with Gasteiger partial charge in [0.05, 0.1) is 12.3 Å². The molecule has 0 saturated carbocycles. The zero-order chi connectivity index (χ0) is 19.7. The lowest BCUT2D eigenvalue weighted by Gasteiger charge is -2.31. The summed E-state index contributed by atoms with van der Waals surface area (Å²) >= 11 is 0. The number of ether oxygens (including phenoxy) is 1. The number of hydrogen-bond acceptors (Lipinski definition) is 5. The van der Waals surface area contributed by atoms with Gasteiger partial charge in [0.25, 0.3) is 0 Å². The summed E-state index contributed by atoms with van der Waals surface area (Å²) in [5, 5.41) is 2.88. The standard InChI is InChI=1S/C18H27N3O5S/c1-26-12-5-13-27(24,25)19-14-17(22)21-10-8-15(9-11-21)18(23)20-16-6-3-2-4-7-16/h2-4,6-7,15,19H,5,8-14H2,1H3,(H,20,23). The van der Waals surface area contributed by atoms with E-state index < -0.39 is 10.0 Å². The van der Waals surface area contributed by atoms with E-state index in [1.54, 1.807) is 4.90 Å². The summed E-state index contributed by atoms with van der Waals surface area (Å²) in [6.45, 7) is 0.984. The maximum absolute atomic E-state index is 12.3. The van der Waals surface area contributed by atoms with Crippen molar-refractivity contribution < 1.29 is 22.7 Å². The van der Waals surface area contributed by atoms with Crippen molar-refractivity contribution in [3.63, 3.8) is 0 Å². The van der Waals surface area contributed by atoms with E-state index in [2.05, 4.69) is 10.0 Å². The largest absolute Gasteiger partial charge is 0.385 e. The molecule has 0 atom stereocenters. The number of carbonyl (C=O) groups is 2. The number of nitrogens with one attached hydrogen (secondary N) is 2. The van der Waals surface area contributed by atoms with Gasteiger partial charge < -0.3 is 15.0 Å². The summed E-state index contributed by atoms with van der Waals surface area (Å²) in [4.78, 5) is 26.1. The Morgan fingerprint density at radius 2 is 1.85 bits per heavy atom. The molecule has 1 aliphatic rings. The van der Waals surface area contributed by atoms with E-state index in [1.165, 1.54) is 7.11 Å². The van der Waals surface area contributed by atoms with Crippen LogP contribution in [0.25, 0.3) is 0 Å². The van der Waals surface area contributed by atoms with E-state index >= 15 is 0 Å². The van der Waals surface area contributed by atoms with Gasteiger partial charge in [-0.3, -0.25) is 9.59 Å². The Kier molecular flexibility index (Phi) is 8.21. The predicted octanol–water partition coefficient (Wildman–Crippen LogP) is 0.820. The van der Waals surface area contributed by atoms with Crippen molar-refractivity contribution in [2.75, 3.05) is 44.4 Å². The fourth-order valence-electron chi connectivity index (χ4n) is 2.91. The normalized spacial score (nSPS) is 15.5. The Morgan fingerprint density at radius 3 is 2.48 bits per heavy atom. The van der Waals surface area contributed by atoms with Crippen molar-refractivity contribution in [2.24, 2.45) is 5.92 Å². The average molecular weight is 397 g/mol. The minimum atomic E-state index is -3.49. The molecule has 1 fully saturated rings. The van der Waals surface area contributed by atoms with E-state index in [0.717, 1.165) is 5.69 Å². The molecule has 0 aliphatic carbocycles. The SMILES string of the molecule is COCCCS(=O)(=O)NCC(=O)N1CCC(C(=O)Nc2ccccc2)CC1. The van der Waals surface area contributed by atoms with Crippen LogP contribution in [0.4, 0.5) is 5.69 Å². The molecule has 0 spiro atoms. The Morgan fingerprint density at radius 1 is 1.19 bits per heavy atom. The average Bonchev–Trinajstić information content (AvgIpc) is 2.67. The van der Waals surface area contributed by atoms with Gasteiger partial charge in [0, 0.05) is 38.4 Å². The molecule has 8 nitrogen and oxygen atoms in total. The first-order valence-electron chi connectivity index (χ1n) is 9.01. The van der Waals surface area contributed by atoms with Crippen LogP contribution in [-0.2, 0) is 24.3 Å². The molecular formula is C18H27N3O5S. The highest BCUT2D eigenvalue weighted by Gasteiger charge is 2.27. The fraction of sp³-hybridized carbons (Fsp3) is 0.556. The van der Waals surface area contributed by atoms with E-state index in [4.69, 9.17) is 4.74 Å². The number of nitrogens with zero attached hydrogens (tertiary/aromatic N) is 1. The molecule has 1 saturated heterocycles. The lowest BCUT2D eigenvalue weighted by molar-refractivity contribution is -0.133. The zero-order valence-electron chi connectivity index (χ0n) is 15.5. The van der Waals surface area contributed by atoms with Crippen LogP contribution in [0.1, 0.15) is 19.3 Å². The van der Waals surface area contributed by atoms with Crippen LogP contribution in [0.5, 0.6) is 0 Å². The summed E-state index contributed by atoms with van der Waals surface area (Å²) in [7, 11) is -1.98. The summed E-state index contributed by atoms with van der Waals surface area (Å²) in [5.74, 6) is -0.546. The van der Waals surface area contributed by atoms with E-state index in [9.17, 15) is 18.0 Å². The van der Waals surface area contributed by atoms with E-state index in [0.29, 0.717) is 39.0 Å². The first-order chi connectivity index (χ1) is 12.9. The number of para-hydroxylation sites is 1. The van der Waals surface area contributed by atoms with Gasteiger partial charge in [-0.2, -0.15) is 0 Å². The van der Waals surface area contributed by atoms with Crippen LogP contribution in [-0.4, -0.2) is 64.2 Å². The monoisotopic (exact) mass is 397 g/mol. The van der Waals surface area contributed by atoms with Crippen LogP contribution in [0.3, 0.4) is 0 Å². The third-order valence-corrected chi connectivity index (χ3v) is 5.87. The van der Waals surface area contributed by atoms with Crippen molar-refractivity contribution in [3.05, 3.63) is 30.3 Å². The number of hydrogen-bond donors (Lipinski definition) is 2. The first kappa shape index (κ1) is 21.3. The Labute approximate surface area is 160 Å². The molecule has 1 aliphatic heterocycles. The van der Waals surface area contributed by atoms with Crippen LogP contribution in [0.15, 0.2) is 30.3 Å². The second-order valence-corrected chi connectivity index (χ2v) is 8.42. The molecule has 2 N–H and O–H groups in total. The quantitative estimate of drug-likeness (QED) is 0.600. The molecule has 1 aromatic carbocycles. The molecule has 0 radical (unpaired) electrons. The number of carbonyl (C=O) groups excluding carboxylic acids is 2. The van der Waals surface area contributed by atoms with Crippen LogP contribution in [0, 0.1) is 5.92 Å². The maximum atomic E-state index is 12.3. The molecule has 27 heavy (non-hydrogen) atoms. The van der Waals surface area contributed by atoms with Gasteiger partial charge in [0.15, 0.2) is 0 Å². The van der Waals surface area contributed by atoms with Gasteiger partial charge in [-0.05, 0) is 31.4 Å². The Hall–Kier alpha value is -1.97. The summed E-state index contributed by atoms with van der Waals surface area (Å²) < 4.78 is 30.8. The topological polar surface area (TPSA) is 105 Å². The Balaban J connectivity index is 1.73. The van der Waals surface area contributed by atoms with Gasteiger partial charge >= 0.3 is 0 Å². The van der Waals surface area contributed by atoms with Crippen molar-refractivity contribution in [1.29, 1.82) is 0 Å². The van der Waals surface area contributed by atoms with Crippen LogP contribution in [0.2, 0.25) is 0 Å². The highest BCUT2D eigenvalue weighted by atomic mass is 32.2. The number of sulfonamides is 1. The van der Waals surface area contributed by atoms with Crippen LogP contribution >= 0.6 is 0 Å². The summed E-state index contributed by atoms with van der Waals surface area (Å²) in [6.07, 6.45) is 1.50. The van der Waals surface area contributed by atoms with Gasteiger partial charge in [-0.15, -0.1) is 0 Å². The molecule has 2 amide bonds. The molecule has 0 unspecified atom stereocenters. The van der Waals surface area contributed by atoms with Gasteiger partial charge in [0.2, 0.25) is 21.8 Å². The maximum Gasteiger partial charge on any atom is 0.237 e. The summed E-state index contributed by atoms with van der Waals surface area (Å²) in [6, 6.07) is 9.25. The minimum absolute atomic E-state index is 0.0489. The third-order valence-electron chi connectivity index (χ3n) is 4.46. The molecule has 9 heteroatoms. The third kappa shape index (κ3) is 7.28. The van der Waals surface area contributed by atoms with Crippen molar-refractivity contribution in [1.82, 2.24) is 9.62 Å². The van der Waals surface area contributed by atoms with Gasteiger partial charge in [0.1, 0.15) is 0 Å². The number of likely N-dealkylation sites (tertiary alicyclic amines) is 1. The van der Waals surface area contributed by atoms with Crippen molar-refractivity contribution in [3.8, 4) is 0 Å². The second kappa shape index (κ2) is 10.4. The molecule has 150 valence electrons. The molecular weight excluding hydrogens is 370 g/mol. The van der Waals surface area contributed by atoms with E-state index in [-0.39, 0.29) is 30.0 Å². The van der Waals surface area contributed by atoms with Gasteiger partial charge in [-0.1, -0.05) is 18.2 Å². The zero-order valence-corrected chi connectivity index (χ0v) is 16.3. The molecule has 1 aromatic rings. The predicted molar refractivity (Wildman–Crippen MR) is 103 cm³/mol. The van der Waals surface area contributed by atoms with E-state index in [1.807, 2.05) is 30.3 Å². The number of piperidine rings is 1. The molecule has 0 aromatic heterocycles. The first-order valence-corrected chi connectivity index (χ1v) is 10.7. The number of benzene rings is 1. The lowest BCUT2D eigenvalue weighted by atomic mass is 9.95. The highest BCUT2D eigenvalue weighted by Crippen LogP contribution is 2.19. The highest BCUT2D eigenvalue weighted by molar-refractivity contribution is 7.89. The molecule has 2 rings (SSSR count). The number of amides is 2. The lowest BCUT2D eigenvalue weighted by Crippen LogP contribution is -2.45. The minimum Gasteiger partial charge on any atom is -0.385 e. The van der Waals surface area contributed by atoms with Crippen molar-refractivity contribution in [2.45, 2.75) is 19.3 Å². The van der Waals surface area contributed by atoms with Crippen LogP contribution < -0.4 is 10.0 Å². The van der Waals surface area contributed by atoms with Crippen molar-refractivity contribution >= 4 is 27.5 Å². The van der Waals surface area contributed by atoms with Gasteiger partial charge in [-0.25, -0.2) is 13.1 Å².